The molecule has 11 rings (SSSR count). The molecule has 0 unspecified atom stereocenters. The number of nitriles is 1. The molecule has 11 aromatic rings. The SMILES string of the molecule is N#Cc1c(-c2ccccc2)nc(-c2cc(C=P)c(-n3c4ccccc4c4ccc5c6cccc(-c7ccccc7)c6oc5c43)cc2-c2ccccc2)nc1-c1ccccc1. The monoisotopic (exact) mass is 784 g/mol. The van der Waals surface area contributed by atoms with Crippen LogP contribution in [0.5, 0.6) is 0 Å². The maximum absolute atomic E-state index is 10.7. The van der Waals surface area contributed by atoms with Gasteiger partial charge in [0.25, 0.3) is 0 Å². The lowest BCUT2D eigenvalue weighted by atomic mass is 9.94. The first-order valence-electron chi connectivity index (χ1n) is 19.8. The molecule has 8 aromatic carbocycles. The second-order valence-electron chi connectivity index (χ2n) is 14.8. The number of nitrogens with zero attached hydrogens (tertiary/aromatic N) is 4. The molecule has 0 N–H and O–H groups in total. The Bertz CT molecular complexity index is 3440. The van der Waals surface area contributed by atoms with E-state index in [-0.39, 0.29) is 0 Å². The molecule has 60 heavy (non-hydrogen) atoms. The Hall–Kier alpha value is -7.90. The van der Waals surface area contributed by atoms with E-state index in [0.29, 0.717) is 22.8 Å². The van der Waals surface area contributed by atoms with Gasteiger partial charge in [-0.2, -0.15) is 5.26 Å². The van der Waals surface area contributed by atoms with Crippen LogP contribution in [0.2, 0.25) is 0 Å². The Morgan fingerprint density at radius 1 is 0.500 bits per heavy atom. The second-order valence-corrected chi connectivity index (χ2v) is 15.1. The minimum atomic E-state index is 0.427. The van der Waals surface area contributed by atoms with Crippen LogP contribution in [0.3, 0.4) is 0 Å². The van der Waals surface area contributed by atoms with Crippen molar-refractivity contribution in [3.63, 3.8) is 0 Å². The van der Waals surface area contributed by atoms with Gasteiger partial charge in [0.2, 0.25) is 0 Å². The third-order valence-corrected chi connectivity index (χ3v) is 11.7. The first kappa shape index (κ1) is 35.3. The van der Waals surface area contributed by atoms with Gasteiger partial charge in [0.1, 0.15) is 17.2 Å². The highest BCUT2D eigenvalue weighted by Gasteiger charge is 2.25. The number of furan rings is 1. The fraction of sp³-hybridized carbons (Fsp3) is 0. The summed E-state index contributed by atoms with van der Waals surface area (Å²) in [6.07, 6.45) is 0. The molecule has 0 fully saturated rings. The Morgan fingerprint density at radius 3 is 1.65 bits per heavy atom. The van der Waals surface area contributed by atoms with Crippen molar-refractivity contribution in [1.82, 2.24) is 14.5 Å². The van der Waals surface area contributed by atoms with Gasteiger partial charge in [-0.15, -0.1) is 8.86 Å². The summed E-state index contributed by atoms with van der Waals surface area (Å²) >= 11 is 0. The fourth-order valence-corrected chi connectivity index (χ4v) is 8.88. The highest BCUT2D eigenvalue weighted by molar-refractivity contribution is 7.19. The van der Waals surface area contributed by atoms with E-state index in [1.54, 1.807) is 0 Å². The van der Waals surface area contributed by atoms with Crippen molar-refractivity contribution in [2.75, 3.05) is 0 Å². The Balaban J connectivity index is 1.24. The quantitative estimate of drug-likeness (QED) is 0.151. The van der Waals surface area contributed by atoms with Crippen LogP contribution in [-0.4, -0.2) is 20.3 Å². The summed E-state index contributed by atoms with van der Waals surface area (Å²) in [5, 5.41) is 15.0. The molecule has 6 heteroatoms. The van der Waals surface area contributed by atoms with Crippen LogP contribution in [-0.2, 0) is 0 Å². The predicted octanol–water partition coefficient (Wildman–Crippen LogP) is 14.0. The zero-order valence-corrected chi connectivity index (χ0v) is 33.2. The van der Waals surface area contributed by atoms with Crippen molar-refractivity contribution in [2.24, 2.45) is 0 Å². The standard InChI is InChI=1S/C54H33N4OP/c55-32-46-49(36-20-9-3-10-21-36)56-54(57-50(46)37-22-11-4-12-23-37)45-30-38(33-60)48(31-44(45)35-18-7-2-8-19-35)58-47-27-14-13-24-40(47)41-28-29-43-42-26-15-25-39(34-16-5-1-6-17-34)52(42)59-53(43)51(41)58/h1-31,33,60H. The Labute approximate surface area is 348 Å². The minimum Gasteiger partial charge on any atom is -0.453 e. The molecular formula is C54H33N4OP. The van der Waals surface area contributed by atoms with E-state index in [4.69, 9.17) is 14.4 Å². The van der Waals surface area contributed by atoms with Gasteiger partial charge in [0, 0.05) is 49.4 Å². The summed E-state index contributed by atoms with van der Waals surface area (Å²) < 4.78 is 9.40. The third kappa shape index (κ3) is 5.66. The maximum atomic E-state index is 10.7. The Kier molecular flexibility index (Phi) is 8.52. The van der Waals surface area contributed by atoms with E-state index in [1.165, 1.54) is 0 Å². The first-order valence-corrected chi connectivity index (χ1v) is 20.4. The second kappa shape index (κ2) is 14.5. The van der Waals surface area contributed by atoms with Crippen molar-refractivity contribution in [3.05, 3.63) is 199 Å². The van der Waals surface area contributed by atoms with E-state index < -0.39 is 0 Å². The number of aromatic nitrogens is 3. The summed E-state index contributed by atoms with van der Waals surface area (Å²) in [6, 6.07) is 66.8. The molecule has 0 amide bonds. The largest absolute Gasteiger partial charge is 0.453 e. The predicted molar refractivity (Wildman–Crippen MR) is 249 cm³/mol. The normalized spacial score (nSPS) is 11.4. The van der Waals surface area contributed by atoms with Crippen LogP contribution in [0.25, 0.3) is 106 Å². The lowest BCUT2D eigenvalue weighted by Gasteiger charge is -2.19. The molecule has 0 aliphatic rings. The highest BCUT2D eigenvalue weighted by Crippen LogP contribution is 2.45. The van der Waals surface area contributed by atoms with Crippen LogP contribution >= 0.6 is 8.86 Å². The summed E-state index contributed by atoms with van der Waals surface area (Å²) in [5.41, 5.74) is 13.8. The number of fused-ring (bicyclic) bond motifs is 7. The average molecular weight is 785 g/mol. The molecule has 0 aliphatic heterocycles. The van der Waals surface area contributed by atoms with Crippen molar-refractivity contribution in [1.29, 1.82) is 5.26 Å². The van der Waals surface area contributed by atoms with Crippen LogP contribution in [0.4, 0.5) is 0 Å². The van der Waals surface area contributed by atoms with Gasteiger partial charge < -0.3 is 8.98 Å². The van der Waals surface area contributed by atoms with Gasteiger partial charge in [0.05, 0.1) is 28.1 Å². The molecule has 0 saturated heterocycles. The van der Waals surface area contributed by atoms with Crippen molar-refractivity contribution in [2.45, 2.75) is 0 Å². The van der Waals surface area contributed by atoms with Crippen LogP contribution < -0.4 is 0 Å². The van der Waals surface area contributed by atoms with Crippen LogP contribution in [0, 0.1) is 11.3 Å². The molecule has 0 spiro atoms. The van der Waals surface area contributed by atoms with Crippen molar-refractivity contribution < 1.29 is 4.42 Å². The lowest BCUT2D eigenvalue weighted by Crippen LogP contribution is -2.05. The fourth-order valence-electron chi connectivity index (χ4n) is 8.65. The summed E-state index contributed by atoms with van der Waals surface area (Å²) in [5.74, 6) is 2.47. The van der Waals surface area contributed by atoms with Gasteiger partial charge >= 0.3 is 0 Å². The molecule has 0 saturated carbocycles. The zero-order valence-electron chi connectivity index (χ0n) is 32.2. The molecule has 280 valence electrons. The van der Waals surface area contributed by atoms with Gasteiger partial charge in [-0.05, 0) is 46.8 Å². The first-order chi connectivity index (χ1) is 29.7. The van der Waals surface area contributed by atoms with Gasteiger partial charge in [-0.3, -0.25) is 0 Å². The zero-order chi connectivity index (χ0) is 40.2. The average Bonchev–Trinajstić information content (AvgIpc) is 3.88. The van der Waals surface area contributed by atoms with E-state index in [0.717, 1.165) is 93.9 Å². The van der Waals surface area contributed by atoms with Gasteiger partial charge in [-0.1, -0.05) is 164 Å². The molecule has 3 heterocycles. The number of hydrogen-bond acceptors (Lipinski definition) is 4. The van der Waals surface area contributed by atoms with E-state index in [2.05, 4.69) is 135 Å². The highest BCUT2D eigenvalue weighted by atomic mass is 31.0. The number of hydrogen-bond donors (Lipinski definition) is 0. The summed E-state index contributed by atoms with van der Waals surface area (Å²) in [7, 11) is 3.87. The molecule has 0 bridgehead atoms. The van der Waals surface area contributed by atoms with E-state index in [1.807, 2.05) is 78.6 Å². The Morgan fingerprint density at radius 2 is 1.03 bits per heavy atom. The summed E-state index contributed by atoms with van der Waals surface area (Å²) in [4.78, 5) is 10.5. The number of para-hydroxylation sites is 2. The van der Waals surface area contributed by atoms with Crippen molar-refractivity contribution in [3.8, 4) is 67.9 Å². The van der Waals surface area contributed by atoms with Crippen LogP contribution in [0.1, 0.15) is 11.1 Å². The molecule has 0 radical (unpaired) electrons. The third-order valence-electron chi connectivity index (χ3n) is 11.4. The molecule has 3 aromatic heterocycles. The minimum absolute atomic E-state index is 0.427. The van der Waals surface area contributed by atoms with E-state index >= 15 is 0 Å². The van der Waals surface area contributed by atoms with Crippen molar-refractivity contribution >= 4 is 58.4 Å². The van der Waals surface area contributed by atoms with E-state index in [9.17, 15) is 5.26 Å². The van der Waals surface area contributed by atoms with Crippen LogP contribution in [0.15, 0.2) is 192 Å². The molecule has 5 nitrogen and oxygen atoms in total. The van der Waals surface area contributed by atoms with Gasteiger partial charge in [0.15, 0.2) is 11.4 Å². The summed E-state index contributed by atoms with van der Waals surface area (Å²) in [6.45, 7) is 0. The van der Waals surface area contributed by atoms with Gasteiger partial charge in [-0.25, -0.2) is 9.97 Å². The number of rotatable bonds is 7. The smallest absolute Gasteiger partial charge is 0.161 e. The topological polar surface area (TPSA) is 67.6 Å². The molecule has 0 aliphatic carbocycles. The molecular weight excluding hydrogens is 752 g/mol. The lowest BCUT2D eigenvalue weighted by molar-refractivity contribution is 0.672. The molecule has 0 atom stereocenters. The maximum Gasteiger partial charge on any atom is 0.161 e. The number of benzene rings is 8.